The smallest absolute Gasteiger partial charge is 0.255 e. The molecule has 5 rings (SSSR count). The molecular formula is C30H29N3O3. The van der Waals surface area contributed by atoms with Crippen LogP contribution in [0.5, 0.6) is 5.75 Å². The Morgan fingerprint density at radius 3 is 2.44 bits per heavy atom. The fraction of sp³-hybridized carbons (Fsp3) is 0.233. The third kappa shape index (κ3) is 5.23. The lowest BCUT2D eigenvalue weighted by Crippen LogP contribution is -2.45. The standard InChI is InChI=1S/C30H29N3O3/c34-26-15-12-22(13-16-26)30(36)33(20-21-7-2-1-3-8-21)28(29(35)32-25-10-4-5-11-25)24-14-17-27-23(19-24)9-6-18-31-27/h1-3,6-9,12-19,25,28,34H,4-5,10-11,20H2,(H,32,35). The highest BCUT2D eigenvalue weighted by Gasteiger charge is 2.34. The van der Waals surface area contributed by atoms with Crippen molar-refractivity contribution in [3.05, 3.63) is 108 Å². The zero-order valence-corrected chi connectivity index (χ0v) is 20.0. The van der Waals surface area contributed by atoms with E-state index in [1.54, 1.807) is 23.2 Å². The highest BCUT2D eigenvalue weighted by atomic mass is 16.3. The number of hydrogen-bond acceptors (Lipinski definition) is 4. The van der Waals surface area contributed by atoms with Gasteiger partial charge in [-0.3, -0.25) is 14.6 Å². The zero-order chi connectivity index (χ0) is 24.9. The molecule has 1 aromatic heterocycles. The zero-order valence-electron chi connectivity index (χ0n) is 20.0. The summed E-state index contributed by atoms with van der Waals surface area (Å²) in [7, 11) is 0. The molecule has 1 aliphatic carbocycles. The molecule has 182 valence electrons. The first-order valence-corrected chi connectivity index (χ1v) is 12.4. The van der Waals surface area contributed by atoms with Gasteiger partial charge in [0.05, 0.1) is 5.52 Å². The van der Waals surface area contributed by atoms with Crippen LogP contribution in [0, 0.1) is 0 Å². The van der Waals surface area contributed by atoms with E-state index < -0.39 is 6.04 Å². The lowest BCUT2D eigenvalue weighted by atomic mass is 9.99. The van der Waals surface area contributed by atoms with E-state index in [0.29, 0.717) is 5.56 Å². The maximum Gasteiger partial charge on any atom is 0.255 e. The summed E-state index contributed by atoms with van der Waals surface area (Å²) in [6, 6.07) is 24.7. The van der Waals surface area contributed by atoms with E-state index >= 15 is 0 Å². The predicted octanol–water partition coefficient (Wildman–Crippen LogP) is 5.38. The monoisotopic (exact) mass is 479 g/mol. The molecule has 0 spiro atoms. The number of pyridine rings is 1. The van der Waals surface area contributed by atoms with Gasteiger partial charge in [0.2, 0.25) is 5.91 Å². The second kappa shape index (κ2) is 10.6. The molecule has 1 aliphatic rings. The minimum absolute atomic E-state index is 0.0821. The Hall–Kier alpha value is -4.19. The van der Waals surface area contributed by atoms with Gasteiger partial charge in [-0.1, -0.05) is 55.3 Å². The van der Waals surface area contributed by atoms with Crippen molar-refractivity contribution in [2.45, 2.75) is 44.3 Å². The summed E-state index contributed by atoms with van der Waals surface area (Å²) in [4.78, 5) is 33.9. The first-order valence-electron chi connectivity index (χ1n) is 12.4. The molecule has 1 unspecified atom stereocenters. The van der Waals surface area contributed by atoms with Crippen LogP contribution >= 0.6 is 0 Å². The summed E-state index contributed by atoms with van der Waals surface area (Å²) >= 11 is 0. The summed E-state index contributed by atoms with van der Waals surface area (Å²) in [5.74, 6) is -0.386. The van der Waals surface area contributed by atoms with Crippen LogP contribution in [0.25, 0.3) is 10.9 Å². The molecule has 0 radical (unpaired) electrons. The third-order valence-corrected chi connectivity index (χ3v) is 6.78. The number of nitrogens with zero attached hydrogens (tertiary/aromatic N) is 2. The quantitative estimate of drug-likeness (QED) is 0.373. The van der Waals surface area contributed by atoms with Gasteiger partial charge in [-0.2, -0.15) is 0 Å². The van der Waals surface area contributed by atoms with Gasteiger partial charge in [0.15, 0.2) is 0 Å². The molecule has 3 aromatic carbocycles. The normalized spacial score (nSPS) is 14.4. The molecule has 2 N–H and O–H groups in total. The number of carbonyl (C=O) groups is 2. The lowest BCUT2D eigenvalue weighted by Gasteiger charge is -2.32. The predicted molar refractivity (Wildman–Crippen MR) is 139 cm³/mol. The van der Waals surface area contributed by atoms with Crippen molar-refractivity contribution in [1.29, 1.82) is 0 Å². The van der Waals surface area contributed by atoms with E-state index in [4.69, 9.17) is 0 Å². The molecule has 0 aliphatic heterocycles. The van der Waals surface area contributed by atoms with Gasteiger partial charge >= 0.3 is 0 Å². The highest BCUT2D eigenvalue weighted by Crippen LogP contribution is 2.29. The van der Waals surface area contributed by atoms with Crippen LogP contribution in [-0.2, 0) is 11.3 Å². The Morgan fingerprint density at radius 1 is 0.944 bits per heavy atom. The number of phenolic OH excluding ortho intramolecular Hbond substituents is 1. The van der Waals surface area contributed by atoms with Crippen molar-refractivity contribution >= 4 is 22.7 Å². The van der Waals surface area contributed by atoms with Crippen molar-refractivity contribution in [2.24, 2.45) is 0 Å². The van der Waals surface area contributed by atoms with E-state index in [2.05, 4.69) is 10.3 Å². The van der Waals surface area contributed by atoms with Gasteiger partial charge in [-0.25, -0.2) is 0 Å². The molecule has 6 nitrogen and oxygen atoms in total. The van der Waals surface area contributed by atoms with Crippen molar-refractivity contribution in [3.8, 4) is 5.75 Å². The minimum Gasteiger partial charge on any atom is -0.508 e. The van der Waals surface area contributed by atoms with Crippen molar-refractivity contribution in [3.63, 3.8) is 0 Å². The molecule has 0 saturated heterocycles. The fourth-order valence-corrected chi connectivity index (χ4v) is 4.92. The first-order chi connectivity index (χ1) is 17.6. The van der Waals surface area contributed by atoms with E-state index in [9.17, 15) is 14.7 Å². The lowest BCUT2D eigenvalue weighted by molar-refractivity contribution is -0.126. The van der Waals surface area contributed by atoms with Crippen molar-refractivity contribution in [2.75, 3.05) is 0 Å². The maximum atomic E-state index is 13.9. The Morgan fingerprint density at radius 2 is 1.69 bits per heavy atom. The number of carbonyl (C=O) groups excluding carboxylic acids is 2. The summed E-state index contributed by atoms with van der Waals surface area (Å²) in [6.07, 6.45) is 5.83. The third-order valence-electron chi connectivity index (χ3n) is 6.78. The number of fused-ring (bicyclic) bond motifs is 1. The molecule has 6 heteroatoms. The SMILES string of the molecule is O=C(NC1CCCC1)C(c1ccc2ncccc2c1)N(Cc1ccccc1)C(=O)c1ccc(O)cc1. The van der Waals surface area contributed by atoms with Gasteiger partial charge in [-0.15, -0.1) is 0 Å². The highest BCUT2D eigenvalue weighted by molar-refractivity contribution is 5.98. The van der Waals surface area contributed by atoms with Gasteiger partial charge in [0.25, 0.3) is 5.91 Å². The average molecular weight is 480 g/mol. The van der Waals surface area contributed by atoms with Crippen LogP contribution in [-0.4, -0.2) is 32.8 Å². The Bertz CT molecular complexity index is 1350. The second-order valence-electron chi connectivity index (χ2n) is 9.31. The molecule has 36 heavy (non-hydrogen) atoms. The first kappa shape index (κ1) is 23.5. The van der Waals surface area contributed by atoms with Gasteiger partial charge in [0.1, 0.15) is 11.8 Å². The summed E-state index contributed by atoms with van der Waals surface area (Å²) in [6.45, 7) is 0.258. The van der Waals surface area contributed by atoms with Crippen LogP contribution < -0.4 is 5.32 Å². The number of aromatic hydroxyl groups is 1. The number of benzene rings is 3. The van der Waals surface area contributed by atoms with Crippen molar-refractivity contribution in [1.82, 2.24) is 15.2 Å². The summed E-state index contributed by atoms with van der Waals surface area (Å²) in [5, 5.41) is 13.9. The number of amides is 2. The summed E-state index contributed by atoms with van der Waals surface area (Å²) in [5.41, 5.74) is 2.89. The van der Waals surface area contributed by atoms with Crippen LogP contribution in [0.2, 0.25) is 0 Å². The van der Waals surface area contributed by atoms with Crippen LogP contribution in [0.3, 0.4) is 0 Å². The molecule has 1 atom stereocenters. The van der Waals surface area contributed by atoms with Crippen LogP contribution in [0.15, 0.2) is 91.1 Å². The molecule has 4 aromatic rings. The van der Waals surface area contributed by atoms with Crippen LogP contribution in [0.4, 0.5) is 0 Å². The van der Waals surface area contributed by atoms with E-state index in [0.717, 1.165) is 47.7 Å². The molecule has 2 amide bonds. The Kier molecular flexibility index (Phi) is 6.94. The average Bonchev–Trinajstić information content (AvgIpc) is 3.42. The molecular weight excluding hydrogens is 450 g/mol. The molecule has 0 bridgehead atoms. The molecule has 1 fully saturated rings. The molecule has 1 saturated carbocycles. The number of aromatic nitrogens is 1. The largest absolute Gasteiger partial charge is 0.508 e. The van der Waals surface area contributed by atoms with E-state index in [1.807, 2.05) is 60.7 Å². The Balaban J connectivity index is 1.59. The topological polar surface area (TPSA) is 82.5 Å². The van der Waals surface area contributed by atoms with Crippen LogP contribution in [0.1, 0.15) is 53.2 Å². The maximum absolute atomic E-state index is 13.9. The molecule has 1 heterocycles. The second-order valence-corrected chi connectivity index (χ2v) is 9.31. The fourth-order valence-electron chi connectivity index (χ4n) is 4.92. The number of phenols is 1. The number of hydrogen-bond donors (Lipinski definition) is 2. The van der Waals surface area contributed by atoms with E-state index in [1.165, 1.54) is 12.1 Å². The van der Waals surface area contributed by atoms with Crippen molar-refractivity contribution < 1.29 is 14.7 Å². The minimum atomic E-state index is -0.836. The number of nitrogens with one attached hydrogen (secondary N) is 1. The number of rotatable bonds is 7. The summed E-state index contributed by atoms with van der Waals surface area (Å²) < 4.78 is 0. The van der Waals surface area contributed by atoms with Gasteiger partial charge in [-0.05, 0) is 66.4 Å². The van der Waals surface area contributed by atoms with E-state index in [-0.39, 0.29) is 30.2 Å². The van der Waals surface area contributed by atoms with Gasteiger partial charge in [0, 0.05) is 29.7 Å². The Labute approximate surface area is 210 Å². The van der Waals surface area contributed by atoms with Gasteiger partial charge < -0.3 is 15.3 Å².